The van der Waals surface area contributed by atoms with Crippen LogP contribution in [-0.4, -0.2) is 46.5 Å². The minimum Gasteiger partial charge on any atom is -0.496 e. The molecule has 156 valence electrons. The van der Waals surface area contributed by atoms with E-state index in [1.165, 1.54) is 6.07 Å². The Morgan fingerprint density at radius 3 is 2.73 bits per heavy atom. The molecule has 1 atom stereocenters. The Kier molecular flexibility index (Phi) is 6.08. The predicted molar refractivity (Wildman–Crippen MR) is 117 cm³/mol. The van der Waals surface area contributed by atoms with Crippen molar-refractivity contribution in [2.45, 2.75) is 11.7 Å². The molecule has 1 saturated heterocycles. The molecule has 5 nitrogen and oxygen atoms in total. The molecule has 2 heterocycles. The van der Waals surface area contributed by atoms with Gasteiger partial charge in [0.25, 0.3) is 5.91 Å². The molecule has 0 radical (unpaired) electrons. The molecule has 0 N–H and O–H groups in total. The van der Waals surface area contributed by atoms with E-state index in [-0.39, 0.29) is 17.0 Å². The fourth-order valence-electron chi connectivity index (χ4n) is 3.78. The van der Waals surface area contributed by atoms with E-state index < -0.39 is 0 Å². The Morgan fingerprint density at radius 1 is 1.17 bits per heavy atom. The summed E-state index contributed by atoms with van der Waals surface area (Å²) in [7, 11) is 3.40. The summed E-state index contributed by atoms with van der Waals surface area (Å²) in [6.07, 6.45) is 0.717. The van der Waals surface area contributed by atoms with Crippen molar-refractivity contribution in [3.8, 4) is 17.0 Å². The fourth-order valence-corrected chi connectivity index (χ4v) is 5.03. The summed E-state index contributed by atoms with van der Waals surface area (Å²) < 4.78 is 21.2. The first-order chi connectivity index (χ1) is 14.6. The summed E-state index contributed by atoms with van der Waals surface area (Å²) in [5.41, 5.74) is 2.80. The van der Waals surface area contributed by atoms with Crippen molar-refractivity contribution < 1.29 is 13.9 Å². The van der Waals surface area contributed by atoms with E-state index >= 15 is 0 Å². The van der Waals surface area contributed by atoms with Crippen LogP contribution in [-0.2, 0) is 7.05 Å². The molecular weight excluding hydrogens is 401 g/mol. The summed E-state index contributed by atoms with van der Waals surface area (Å²) in [4.78, 5) is 15.1. The molecule has 0 spiro atoms. The van der Waals surface area contributed by atoms with Crippen molar-refractivity contribution in [2.75, 3.05) is 26.0 Å². The van der Waals surface area contributed by atoms with Gasteiger partial charge in [0.05, 0.1) is 12.8 Å². The largest absolute Gasteiger partial charge is 0.496 e. The van der Waals surface area contributed by atoms with Gasteiger partial charge in [0.15, 0.2) is 0 Å². The number of aromatic nitrogens is 2. The lowest BCUT2D eigenvalue weighted by Gasteiger charge is -2.20. The van der Waals surface area contributed by atoms with Gasteiger partial charge in [-0.05, 0) is 30.7 Å². The molecule has 1 aliphatic rings. The Labute approximate surface area is 179 Å². The minimum absolute atomic E-state index is 0.0547. The normalized spacial score (nSPS) is 16.9. The maximum Gasteiger partial charge on any atom is 0.272 e. The zero-order chi connectivity index (χ0) is 21.1. The first-order valence-electron chi connectivity index (χ1n) is 9.91. The number of thioether (sulfide) groups is 1. The summed E-state index contributed by atoms with van der Waals surface area (Å²) in [5, 5.41) is 4.59. The molecule has 0 bridgehead atoms. The number of benzene rings is 2. The number of nitrogens with zero attached hydrogens (tertiary/aromatic N) is 3. The fraction of sp³-hybridized carbons (Fsp3) is 0.304. The maximum absolute atomic E-state index is 14.2. The van der Waals surface area contributed by atoms with Crippen LogP contribution < -0.4 is 4.74 Å². The first-order valence-corrected chi connectivity index (χ1v) is 11.0. The van der Waals surface area contributed by atoms with Crippen LogP contribution in [0, 0.1) is 5.82 Å². The number of rotatable bonds is 4. The monoisotopic (exact) mass is 425 g/mol. The van der Waals surface area contributed by atoms with Gasteiger partial charge in [-0.3, -0.25) is 9.48 Å². The second-order valence-corrected chi connectivity index (χ2v) is 8.51. The topological polar surface area (TPSA) is 47.4 Å². The number of hydrogen-bond acceptors (Lipinski definition) is 4. The second kappa shape index (κ2) is 8.92. The molecule has 0 saturated carbocycles. The van der Waals surface area contributed by atoms with Gasteiger partial charge in [0.2, 0.25) is 0 Å². The van der Waals surface area contributed by atoms with Gasteiger partial charge in [-0.1, -0.05) is 30.3 Å². The Hall–Kier alpha value is -2.80. The van der Waals surface area contributed by atoms with Crippen LogP contribution >= 0.6 is 11.8 Å². The van der Waals surface area contributed by atoms with Crippen LogP contribution in [0.5, 0.6) is 5.75 Å². The average Bonchev–Trinajstić information content (AvgIpc) is 2.99. The summed E-state index contributed by atoms with van der Waals surface area (Å²) in [6, 6.07) is 16.3. The van der Waals surface area contributed by atoms with Crippen molar-refractivity contribution in [2.24, 2.45) is 7.05 Å². The first kappa shape index (κ1) is 20.5. The van der Waals surface area contributed by atoms with Crippen LogP contribution in [0.3, 0.4) is 0 Å². The molecule has 1 aromatic heterocycles. The highest BCUT2D eigenvalue weighted by molar-refractivity contribution is 7.99. The summed E-state index contributed by atoms with van der Waals surface area (Å²) in [5.74, 6) is 1.25. The zero-order valence-electron chi connectivity index (χ0n) is 17.0. The number of halogens is 1. The second-order valence-electron chi connectivity index (χ2n) is 7.20. The summed E-state index contributed by atoms with van der Waals surface area (Å²) in [6.45, 7) is 1.21. The van der Waals surface area contributed by atoms with Gasteiger partial charge in [-0.15, -0.1) is 0 Å². The Bertz CT molecular complexity index is 1050. The number of amides is 1. The molecule has 1 fully saturated rings. The molecule has 1 aliphatic heterocycles. The SMILES string of the molecule is COc1ccccc1-c1cc(C(=O)N2CCSC(c3ccccc3F)CC2)n(C)n1. The Balaban J connectivity index is 1.52. The molecule has 1 unspecified atom stereocenters. The zero-order valence-corrected chi connectivity index (χ0v) is 17.9. The van der Waals surface area contributed by atoms with Crippen LogP contribution in [0.1, 0.15) is 27.7 Å². The van der Waals surface area contributed by atoms with Crippen molar-refractivity contribution in [3.63, 3.8) is 0 Å². The van der Waals surface area contributed by atoms with E-state index in [1.54, 1.807) is 36.7 Å². The molecule has 0 aliphatic carbocycles. The van der Waals surface area contributed by atoms with Crippen LogP contribution in [0.4, 0.5) is 4.39 Å². The maximum atomic E-state index is 14.2. The van der Waals surface area contributed by atoms with Crippen LogP contribution in [0.15, 0.2) is 54.6 Å². The van der Waals surface area contributed by atoms with Crippen molar-refractivity contribution >= 4 is 17.7 Å². The third-order valence-corrected chi connectivity index (χ3v) is 6.67. The number of para-hydroxylation sites is 1. The third-order valence-electron chi connectivity index (χ3n) is 5.36. The highest BCUT2D eigenvalue weighted by atomic mass is 32.2. The average molecular weight is 426 g/mol. The minimum atomic E-state index is -0.178. The summed E-state index contributed by atoms with van der Waals surface area (Å²) >= 11 is 1.71. The van der Waals surface area contributed by atoms with Gasteiger partial charge in [0.1, 0.15) is 17.3 Å². The number of carbonyl (C=O) groups excluding carboxylic acids is 1. The smallest absolute Gasteiger partial charge is 0.272 e. The lowest BCUT2D eigenvalue weighted by Crippen LogP contribution is -2.34. The molecule has 4 rings (SSSR count). The van der Waals surface area contributed by atoms with Crippen LogP contribution in [0.2, 0.25) is 0 Å². The molecule has 2 aromatic carbocycles. The number of aryl methyl sites for hydroxylation is 1. The lowest BCUT2D eigenvalue weighted by atomic mass is 10.1. The highest BCUT2D eigenvalue weighted by Crippen LogP contribution is 2.36. The van der Waals surface area contributed by atoms with Gasteiger partial charge >= 0.3 is 0 Å². The predicted octanol–water partition coefficient (Wildman–Crippen LogP) is 4.56. The van der Waals surface area contributed by atoms with Crippen molar-refractivity contribution in [1.29, 1.82) is 0 Å². The Morgan fingerprint density at radius 2 is 1.93 bits per heavy atom. The number of carbonyl (C=O) groups is 1. The molecule has 30 heavy (non-hydrogen) atoms. The third kappa shape index (κ3) is 4.07. The van der Waals surface area contributed by atoms with E-state index in [9.17, 15) is 9.18 Å². The van der Waals surface area contributed by atoms with Gasteiger partial charge in [-0.25, -0.2) is 4.39 Å². The quantitative estimate of drug-likeness (QED) is 0.615. The highest BCUT2D eigenvalue weighted by Gasteiger charge is 2.26. The van der Waals surface area contributed by atoms with Gasteiger partial charge < -0.3 is 9.64 Å². The van der Waals surface area contributed by atoms with E-state index in [0.29, 0.717) is 36.6 Å². The molecule has 3 aromatic rings. The van der Waals surface area contributed by atoms with E-state index in [2.05, 4.69) is 5.10 Å². The van der Waals surface area contributed by atoms with Gasteiger partial charge in [-0.2, -0.15) is 16.9 Å². The standard InChI is InChI=1S/C23H24FN3O2S/c1-26-20(15-19(25-26)17-8-4-6-10-21(17)29-2)23(28)27-12-11-22(30-14-13-27)16-7-3-5-9-18(16)24/h3-10,15,22H,11-14H2,1-2H3. The number of methoxy groups -OCH3 is 1. The number of hydrogen-bond donors (Lipinski definition) is 0. The van der Waals surface area contributed by atoms with Crippen molar-refractivity contribution in [3.05, 3.63) is 71.7 Å². The van der Waals surface area contributed by atoms with Gasteiger partial charge in [0, 0.05) is 42.3 Å². The molecule has 7 heteroatoms. The number of ether oxygens (including phenoxy) is 1. The van der Waals surface area contributed by atoms with E-state index in [4.69, 9.17) is 4.74 Å². The van der Waals surface area contributed by atoms with E-state index in [1.807, 2.05) is 47.4 Å². The van der Waals surface area contributed by atoms with Crippen LogP contribution in [0.25, 0.3) is 11.3 Å². The van der Waals surface area contributed by atoms with Crippen molar-refractivity contribution in [1.82, 2.24) is 14.7 Å². The lowest BCUT2D eigenvalue weighted by molar-refractivity contribution is 0.0755. The molecular formula is C23H24FN3O2S. The van der Waals surface area contributed by atoms with E-state index in [0.717, 1.165) is 16.9 Å². The molecule has 1 amide bonds.